The zero-order valence-corrected chi connectivity index (χ0v) is 16.4. The number of benzene rings is 2. The van der Waals surface area contributed by atoms with Gasteiger partial charge in [-0.05, 0) is 31.2 Å². The number of amides is 1. The van der Waals surface area contributed by atoms with Crippen LogP contribution in [0, 0.1) is 0 Å². The fraction of sp³-hybridized carbons (Fsp3) is 0.105. The molecule has 5 nitrogen and oxygen atoms in total. The molecule has 0 unspecified atom stereocenters. The van der Waals surface area contributed by atoms with E-state index in [0.29, 0.717) is 32.4 Å². The van der Waals surface area contributed by atoms with Crippen LogP contribution in [0.1, 0.15) is 17.3 Å². The summed E-state index contributed by atoms with van der Waals surface area (Å²) in [5, 5.41) is 1.64. The molecule has 0 N–H and O–H groups in total. The monoisotopic (exact) mass is 418 g/mol. The molecule has 4 rings (SSSR count). The third-order valence-corrected chi connectivity index (χ3v) is 5.61. The summed E-state index contributed by atoms with van der Waals surface area (Å²) in [6.07, 6.45) is 0. The van der Waals surface area contributed by atoms with Crippen LogP contribution in [0.5, 0.6) is 0 Å². The molecule has 136 valence electrons. The summed E-state index contributed by atoms with van der Waals surface area (Å²) in [7, 11) is 0. The molecule has 0 atom stereocenters. The quantitative estimate of drug-likeness (QED) is 0.435. The smallest absolute Gasteiger partial charge is 0.349 e. The van der Waals surface area contributed by atoms with Crippen molar-refractivity contribution >= 4 is 61.6 Å². The van der Waals surface area contributed by atoms with Gasteiger partial charge in [0, 0.05) is 17.0 Å². The van der Waals surface area contributed by atoms with Crippen molar-refractivity contribution in [3.63, 3.8) is 0 Å². The number of carbonyl (C=O) groups excluding carboxylic acids is 1. The normalized spacial score (nSPS) is 12.2. The minimum Gasteiger partial charge on any atom is -0.422 e. The lowest BCUT2D eigenvalue weighted by atomic mass is 10.2. The Morgan fingerprint density at radius 1 is 1.22 bits per heavy atom. The van der Waals surface area contributed by atoms with Gasteiger partial charge in [-0.25, -0.2) is 4.79 Å². The van der Waals surface area contributed by atoms with E-state index in [1.165, 1.54) is 17.4 Å². The Morgan fingerprint density at radius 2 is 2.00 bits per heavy atom. The van der Waals surface area contributed by atoms with Gasteiger partial charge in [0.2, 0.25) is 0 Å². The molecule has 0 saturated heterocycles. The highest BCUT2D eigenvalue weighted by Gasteiger charge is 2.15. The molecule has 4 aromatic rings. The molecule has 2 heterocycles. The summed E-state index contributed by atoms with van der Waals surface area (Å²) in [6, 6.07) is 11.9. The van der Waals surface area contributed by atoms with Gasteiger partial charge in [0.25, 0.3) is 5.91 Å². The van der Waals surface area contributed by atoms with Gasteiger partial charge in [-0.15, -0.1) is 0 Å². The molecule has 0 radical (unpaired) electrons. The lowest BCUT2D eigenvalue weighted by Crippen LogP contribution is -2.19. The van der Waals surface area contributed by atoms with E-state index in [1.54, 1.807) is 36.4 Å². The van der Waals surface area contributed by atoms with Crippen LogP contribution in [-0.2, 0) is 6.54 Å². The van der Waals surface area contributed by atoms with Gasteiger partial charge in [0.1, 0.15) is 11.1 Å². The van der Waals surface area contributed by atoms with E-state index < -0.39 is 11.5 Å². The summed E-state index contributed by atoms with van der Waals surface area (Å²) in [5.41, 5.74) is 0.349. The van der Waals surface area contributed by atoms with E-state index in [1.807, 2.05) is 11.5 Å². The van der Waals surface area contributed by atoms with Crippen LogP contribution in [0.25, 0.3) is 21.2 Å². The first-order chi connectivity index (χ1) is 13.0. The minimum absolute atomic E-state index is 0.113. The van der Waals surface area contributed by atoms with Crippen molar-refractivity contribution in [2.75, 3.05) is 0 Å². The van der Waals surface area contributed by atoms with Crippen LogP contribution in [0.2, 0.25) is 10.0 Å². The van der Waals surface area contributed by atoms with E-state index in [9.17, 15) is 9.59 Å². The maximum Gasteiger partial charge on any atom is 0.349 e. The molecule has 0 aliphatic heterocycles. The number of para-hydroxylation sites is 1. The predicted molar refractivity (Wildman–Crippen MR) is 108 cm³/mol. The van der Waals surface area contributed by atoms with Crippen LogP contribution in [0.3, 0.4) is 0 Å². The molecular formula is C19H12Cl2N2O3S. The minimum atomic E-state index is -0.715. The Labute approximate surface area is 167 Å². The van der Waals surface area contributed by atoms with E-state index >= 15 is 0 Å². The topological polar surface area (TPSA) is 64.6 Å². The largest absolute Gasteiger partial charge is 0.422 e. The fourth-order valence-corrected chi connectivity index (χ4v) is 4.74. The van der Waals surface area contributed by atoms with Crippen molar-refractivity contribution in [2.24, 2.45) is 4.99 Å². The average Bonchev–Trinajstić information content (AvgIpc) is 2.98. The maximum atomic E-state index is 12.7. The number of hydrogen-bond acceptors (Lipinski definition) is 4. The summed E-state index contributed by atoms with van der Waals surface area (Å²) < 4.78 is 7.85. The SMILES string of the molecule is CCn1c(=NC(=O)c2cc3ccccc3oc2=O)sc2cc(Cl)cc(Cl)c21. The second-order valence-corrected chi connectivity index (χ2v) is 7.62. The molecule has 0 aliphatic carbocycles. The van der Waals surface area contributed by atoms with Gasteiger partial charge in [0.05, 0.1) is 15.2 Å². The predicted octanol–water partition coefficient (Wildman–Crippen LogP) is 4.88. The van der Waals surface area contributed by atoms with Crippen LogP contribution in [0.15, 0.2) is 56.7 Å². The Kier molecular flexibility index (Phi) is 4.63. The standard InChI is InChI=1S/C19H12Cl2N2O3S/c1-2-23-16-13(21)8-11(20)9-15(16)27-19(23)22-17(24)12-7-10-5-3-4-6-14(10)26-18(12)25/h3-9H,2H2,1H3. The molecule has 0 bridgehead atoms. The number of fused-ring (bicyclic) bond motifs is 2. The van der Waals surface area contributed by atoms with E-state index in [-0.39, 0.29) is 5.56 Å². The fourth-order valence-electron chi connectivity index (χ4n) is 2.87. The first-order valence-electron chi connectivity index (χ1n) is 8.08. The zero-order valence-electron chi connectivity index (χ0n) is 14.0. The van der Waals surface area contributed by atoms with Crippen LogP contribution < -0.4 is 10.4 Å². The number of hydrogen-bond donors (Lipinski definition) is 0. The molecule has 27 heavy (non-hydrogen) atoms. The lowest BCUT2D eigenvalue weighted by molar-refractivity contribution is 0.0994. The van der Waals surface area contributed by atoms with Gasteiger partial charge in [-0.2, -0.15) is 4.99 Å². The first-order valence-corrected chi connectivity index (χ1v) is 9.65. The van der Waals surface area contributed by atoms with Gasteiger partial charge in [-0.1, -0.05) is 52.7 Å². The van der Waals surface area contributed by atoms with Crippen molar-refractivity contribution in [1.82, 2.24) is 4.57 Å². The third-order valence-electron chi connectivity index (χ3n) is 4.08. The second-order valence-electron chi connectivity index (χ2n) is 5.77. The highest BCUT2D eigenvalue weighted by Crippen LogP contribution is 2.29. The molecule has 2 aromatic heterocycles. The number of carbonyl (C=O) groups is 1. The highest BCUT2D eigenvalue weighted by atomic mass is 35.5. The van der Waals surface area contributed by atoms with Gasteiger partial charge in [0.15, 0.2) is 4.80 Å². The van der Waals surface area contributed by atoms with Crippen molar-refractivity contribution in [3.05, 3.63) is 73.3 Å². The molecular weight excluding hydrogens is 407 g/mol. The van der Waals surface area contributed by atoms with Crippen molar-refractivity contribution < 1.29 is 9.21 Å². The zero-order chi connectivity index (χ0) is 19.1. The average molecular weight is 419 g/mol. The Morgan fingerprint density at radius 3 is 2.78 bits per heavy atom. The van der Waals surface area contributed by atoms with E-state index in [0.717, 1.165) is 10.2 Å². The summed E-state index contributed by atoms with van der Waals surface area (Å²) >= 11 is 13.7. The van der Waals surface area contributed by atoms with E-state index in [2.05, 4.69) is 4.99 Å². The Balaban J connectivity index is 1.91. The van der Waals surface area contributed by atoms with Crippen LogP contribution >= 0.6 is 34.5 Å². The molecule has 2 aromatic carbocycles. The highest BCUT2D eigenvalue weighted by molar-refractivity contribution is 7.16. The lowest BCUT2D eigenvalue weighted by Gasteiger charge is -2.03. The molecule has 0 fully saturated rings. The number of aromatic nitrogens is 1. The molecule has 0 aliphatic rings. The summed E-state index contributed by atoms with van der Waals surface area (Å²) in [5.74, 6) is -0.662. The van der Waals surface area contributed by atoms with E-state index in [4.69, 9.17) is 27.6 Å². The molecule has 0 spiro atoms. The molecule has 1 amide bonds. The first kappa shape index (κ1) is 18.0. The van der Waals surface area contributed by atoms with Crippen molar-refractivity contribution in [3.8, 4) is 0 Å². The maximum absolute atomic E-state index is 12.7. The van der Waals surface area contributed by atoms with Crippen LogP contribution in [0.4, 0.5) is 0 Å². The number of thiazole rings is 1. The van der Waals surface area contributed by atoms with Gasteiger partial charge in [-0.3, -0.25) is 4.79 Å². The third kappa shape index (κ3) is 3.20. The van der Waals surface area contributed by atoms with Gasteiger partial charge >= 0.3 is 5.63 Å². The number of halogens is 2. The number of nitrogens with zero attached hydrogens (tertiary/aromatic N) is 2. The molecule has 0 saturated carbocycles. The number of aryl methyl sites for hydroxylation is 1. The number of rotatable bonds is 2. The van der Waals surface area contributed by atoms with Crippen molar-refractivity contribution in [1.29, 1.82) is 0 Å². The van der Waals surface area contributed by atoms with Crippen LogP contribution in [-0.4, -0.2) is 10.5 Å². The van der Waals surface area contributed by atoms with Gasteiger partial charge < -0.3 is 8.98 Å². The van der Waals surface area contributed by atoms with Crippen molar-refractivity contribution in [2.45, 2.75) is 13.5 Å². The Hall–Kier alpha value is -2.41. The summed E-state index contributed by atoms with van der Waals surface area (Å²) in [6.45, 7) is 2.48. The summed E-state index contributed by atoms with van der Waals surface area (Å²) in [4.78, 5) is 29.5. The molecule has 8 heteroatoms. The second kappa shape index (κ2) is 6.96. The Bertz CT molecular complexity index is 1330.